The van der Waals surface area contributed by atoms with Crippen molar-refractivity contribution in [2.45, 2.75) is 18.7 Å². The Morgan fingerprint density at radius 1 is 1.71 bits per heavy atom. The van der Waals surface area contributed by atoms with E-state index in [9.17, 15) is 4.79 Å². The number of ether oxygens (including phenoxy) is 1. The average molecular weight is 315 g/mol. The molecule has 1 aromatic heterocycles. The molecule has 116 valence electrons. The van der Waals surface area contributed by atoms with Gasteiger partial charge in [0.05, 0.1) is 25.9 Å². The second-order valence-corrected chi connectivity index (χ2v) is 5.09. The predicted octanol–water partition coefficient (Wildman–Crippen LogP) is -0.484. The molecule has 0 spiro atoms. The van der Waals surface area contributed by atoms with E-state index in [2.05, 4.69) is 15.3 Å². The fraction of sp³-hybridized carbons (Fsp3) is 0.583. The summed E-state index contributed by atoms with van der Waals surface area (Å²) in [5, 5.41) is 6.54. The zero-order chi connectivity index (χ0) is 15.2. The highest BCUT2D eigenvalue weighted by molar-refractivity contribution is 6.19. The number of halogens is 1. The normalized spacial score (nSPS) is 22.8. The summed E-state index contributed by atoms with van der Waals surface area (Å²) in [7, 11) is 0. The fourth-order valence-corrected chi connectivity index (χ4v) is 2.26. The molecule has 2 unspecified atom stereocenters. The van der Waals surface area contributed by atoms with Crippen molar-refractivity contribution in [1.29, 1.82) is 0 Å². The second kappa shape index (κ2) is 7.51. The van der Waals surface area contributed by atoms with E-state index in [1.807, 2.05) is 10.0 Å². The molecular weight excluding hydrogens is 296 g/mol. The number of nitrogens with zero attached hydrogens (tertiary/aromatic N) is 4. The molecule has 9 heteroatoms. The molecule has 1 amide bonds. The first-order valence-electron chi connectivity index (χ1n) is 6.63. The number of anilines is 1. The minimum absolute atomic E-state index is 0.0841. The monoisotopic (exact) mass is 314 g/mol. The Labute approximate surface area is 128 Å². The molecule has 2 heterocycles. The molecule has 0 saturated carbocycles. The van der Waals surface area contributed by atoms with Crippen LogP contribution in [0.2, 0.25) is 0 Å². The number of hydrogen-bond acceptors (Lipinski definition) is 7. The van der Waals surface area contributed by atoms with Gasteiger partial charge in [0.25, 0.3) is 0 Å². The van der Waals surface area contributed by atoms with Crippen molar-refractivity contribution in [1.82, 2.24) is 20.3 Å². The molecular formula is C12H19ClN6O2. The van der Waals surface area contributed by atoms with Crippen LogP contribution in [0.15, 0.2) is 18.6 Å². The van der Waals surface area contributed by atoms with Crippen LogP contribution in [0, 0.1) is 0 Å². The van der Waals surface area contributed by atoms with Crippen molar-refractivity contribution in [2.75, 3.05) is 31.3 Å². The standard InChI is InChI=1S/C12H19ClN6O2/c1-9(20)16-4-5-18(12-2-3-15-8-17-12)19-6-10(13)21-7-11(19)14/h2-3,8,10-11H,4-7,14H2,1H3,(H,16,20). The Morgan fingerprint density at radius 2 is 2.52 bits per heavy atom. The van der Waals surface area contributed by atoms with E-state index in [1.54, 1.807) is 12.3 Å². The maximum absolute atomic E-state index is 11.0. The SMILES string of the molecule is CC(=O)NCCN(c1ccncn1)N1CC(Cl)OCC1N. The van der Waals surface area contributed by atoms with Gasteiger partial charge in [-0.2, -0.15) is 5.01 Å². The Kier molecular flexibility index (Phi) is 5.68. The molecule has 1 aromatic rings. The van der Waals surface area contributed by atoms with Crippen molar-refractivity contribution < 1.29 is 9.53 Å². The first kappa shape index (κ1) is 15.9. The zero-order valence-corrected chi connectivity index (χ0v) is 12.5. The molecule has 0 bridgehead atoms. The number of morpholine rings is 1. The third kappa shape index (κ3) is 4.50. The van der Waals surface area contributed by atoms with Crippen LogP contribution < -0.4 is 16.1 Å². The summed E-state index contributed by atoms with van der Waals surface area (Å²) in [6, 6.07) is 1.78. The molecule has 0 aromatic carbocycles. The smallest absolute Gasteiger partial charge is 0.216 e. The van der Waals surface area contributed by atoms with Crippen LogP contribution >= 0.6 is 11.6 Å². The summed E-state index contributed by atoms with van der Waals surface area (Å²) in [6.45, 7) is 3.23. The van der Waals surface area contributed by atoms with E-state index in [0.717, 1.165) is 0 Å². The van der Waals surface area contributed by atoms with Crippen LogP contribution in [0.5, 0.6) is 0 Å². The minimum atomic E-state index is -0.435. The minimum Gasteiger partial charge on any atom is -0.358 e. The molecule has 3 N–H and O–H groups in total. The number of alkyl halides is 1. The maximum Gasteiger partial charge on any atom is 0.216 e. The molecule has 8 nitrogen and oxygen atoms in total. The molecule has 2 atom stereocenters. The van der Waals surface area contributed by atoms with Crippen LogP contribution in [0.3, 0.4) is 0 Å². The van der Waals surface area contributed by atoms with Gasteiger partial charge in [-0.15, -0.1) is 0 Å². The molecule has 1 aliphatic heterocycles. The van der Waals surface area contributed by atoms with E-state index < -0.39 is 5.56 Å². The van der Waals surface area contributed by atoms with Gasteiger partial charge in [-0.3, -0.25) is 9.80 Å². The predicted molar refractivity (Wildman–Crippen MR) is 78.3 cm³/mol. The number of nitrogens with one attached hydrogen (secondary N) is 1. The van der Waals surface area contributed by atoms with E-state index in [-0.39, 0.29) is 12.1 Å². The Bertz CT molecular complexity index is 462. The van der Waals surface area contributed by atoms with E-state index in [4.69, 9.17) is 22.1 Å². The molecule has 0 radical (unpaired) electrons. The summed E-state index contributed by atoms with van der Waals surface area (Å²) < 4.78 is 5.32. The Hall–Kier alpha value is -1.48. The van der Waals surface area contributed by atoms with Crippen LogP contribution in [0.1, 0.15) is 6.92 Å². The molecule has 1 saturated heterocycles. The topological polar surface area (TPSA) is 96.6 Å². The summed E-state index contributed by atoms with van der Waals surface area (Å²) in [6.07, 6.45) is 2.79. The summed E-state index contributed by atoms with van der Waals surface area (Å²) in [4.78, 5) is 19.2. The first-order valence-corrected chi connectivity index (χ1v) is 7.07. The fourth-order valence-electron chi connectivity index (χ4n) is 2.05. The maximum atomic E-state index is 11.0. The third-order valence-electron chi connectivity index (χ3n) is 3.00. The van der Waals surface area contributed by atoms with Crippen molar-refractivity contribution in [2.24, 2.45) is 5.73 Å². The molecule has 0 aliphatic carbocycles. The van der Waals surface area contributed by atoms with Gasteiger partial charge in [-0.05, 0) is 0 Å². The lowest BCUT2D eigenvalue weighted by atomic mass is 10.4. The zero-order valence-electron chi connectivity index (χ0n) is 11.8. The van der Waals surface area contributed by atoms with Gasteiger partial charge >= 0.3 is 0 Å². The second-order valence-electron chi connectivity index (χ2n) is 4.61. The lowest BCUT2D eigenvalue weighted by molar-refractivity contribution is -0.118. The van der Waals surface area contributed by atoms with Gasteiger partial charge in [0.15, 0.2) is 0 Å². The van der Waals surface area contributed by atoms with Crippen molar-refractivity contribution in [3.63, 3.8) is 0 Å². The number of hydrogen-bond donors (Lipinski definition) is 2. The van der Waals surface area contributed by atoms with Crippen molar-refractivity contribution in [3.8, 4) is 0 Å². The Balaban J connectivity index is 2.12. The van der Waals surface area contributed by atoms with Crippen LogP contribution in [-0.2, 0) is 9.53 Å². The van der Waals surface area contributed by atoms with Crippen molar-refractivity contribution >= 4 is 23.3 Å². The van der Waals surface area contributed by atoms with Gasteiger partial charge in [0.2, 0.25) is 5.91 Å². The third-order valence-corrected chi connectivity index (χ3v) is 3.26. The summed E-state index contributed by atoms with van der Waals surface area (Å²) >= 11 is 6.04. The highest BCUT2D eigenvalue weighted by Crippen LogP contribution is 2.18. The van der Waals surface area contributed by atoms with Gasteiger partial charge < -0.3 is 15.8 Å². The van der Waals surface area contributed by atoms with Crippen LogP contribution in [0.25, 0.3) is 0 Å². The van der Waals surface area contributed by atoms with E-state index in [1.165, 1.54) is 13.3 Å². The summed E-state index contributed by atoms with van der Waals surface area (Å²) in [5.41, 5.74) is 5.65. The number of nitrogens with two attached hydrogens (primary N) is 1. The van der Waals surface area contributed by atoms with Gasteiger partial charge in [0.1, 0.15) is 17.7 Å². The summed E-state index contributed by atoms with van der Waals surface area (Å²) in [5.74, 6) is 0.607. The molecule has 21 heavy (non-hydrogen) atoms. The van der Waals surface area contributed by atoms with Gasteiger partial charge in [0, 0.05) is 25.7 Å². The number of carbonyl (C=O) groups is 1. The van der Waals surface area contributed by atoms with Gasteiger partial charge in [-0.1, -0.05) is 11.6 Å². The average Bonchev–Trinajstić information content (AvgIpc) is 2.47. The van der Waals surface area contributed by atoms with Crippen LogP contribution in [0.4, 0.5) is 5.82 Å². The molecule has 2 rings (SSSR count). The molecule has 1 aliphatic rings. The number of amides is 1. The van der Waals surface area contributed by atoms with Gasteiger partial charge in [-0.25, -0.2) is 9.97 Å². The first-order chi connectivity index (χ1) is 10.1. The lowest BCUT2D eigenvalue weighted by Crippen LogP contribution is -2.61. The highest BCUT2D eigenvalue weighted by Gasteiger charge is 2.30. The van der Waals surface area contributed by atoms with Crippen LogP contribution in [-0.4, -0.2) is 58.9 Å². The quantitative estimate of drug-likeness (QED) is 0.708. The number of hydrazine groups is 1. The number of rotatable bonds is 5. The molecule has 1 fully saturated rings. The largest absolute Gasteiger partial charge is 0.358 e. The van der Waals surface area contributed by atoms with E-state index >= 15 is 0 Å². The lowest BCUT2D eigenvalue weighted by Gasteiger charge is -2.43. The number of aromatic nitrogens is 2. The van der Waals surface area contributed by atoms with Crippen molar-refractivity contribution in [3.05, 3.63) is 18.6 Å². The highest BCUT2D eigenvalue weighted by atomic mass is 35.5. The number of carbonyl (C=O) groups excluding carboxylic acids is 1. The Morgan fingerprint density at radius 3 is 3.19 bits per heavy atom. The van der Waals surface area contributed by atoms with E-state index in [0.29, 0.717) is 32.1 Å².